The van der Waals surface area contributed by atoms with E-state index in [1.807, 2.05) is 0 Å². The van der Waals surface area contributed by atoms with Crippen molar-refractivity contribution in [2.45, 2.75) is 51.8 Å². The first-order chi connectivity index (χ1) is 9.45. The predicted molar refractivity (Wildman–Crippen MR) is 79.4 cm³/mol. The summed E-state index contributed by atoms with van der Waals surface area (Å²) in [6.07, 6.45) is 1.90. The Balaban J connectivity index is 2.14. The molecule has 0 amide bonds. The maximum atomic E-state index is 9.07. The Labute approximate surface area is 121 Å². The van der Waals surface area contributed by atoms with Gasteiger partial charge < -0.3 is 19.9 Å². The van der Waals surface area contributed by atoms with Crippen LogP contribution in [0.15, 0.2) is 12.1 Å². The van der Waals surface area contributed by atoms with E-state index < -0.39 is 0 Å². The molecule has 1 aromatic rings. The molecule has 0 aromatic heterocycles. The lowest BCUT2D eigenvalue weighted by molar-refractivity contribution is 0.229. The lowest BCUT2D eigenvalue weighted by Crippen LogP contribution is -2.39. The van der Waals surface area contributed by atoms with Crippen LogP contribution < -0.4 is 14.8 Å². The molecule has 0 saturated carbocycles. The third-order valence-corrected chi connectivity index (χ3v) is 3.79. The van der Waals surface area contributed by atoms with Crippen LogP contribution in [0.4, 0.5) is 0 Å². The van der Waals surface area contributed by atoms with Crippen LogP contribution in [-0.4, -0.2) is 30.5 Å². The highest BCUT2D eigenvalue weighted by molar-refractivity contribution is 5.48. The highest BCUT2D eigenvalue weighted by Crippen LogP contribution is 2.35. The fraction of sp³-hybridized carbons (Fsp3) is 0.625. The number of hydrogen-bond donors (Lipinski definition) is 2. The Hall–Kier alpha value is -1.26. The van der Waals surface area contributed by atoms with Gasteiger partial charge in [0.1, 0.15) is 17.6 Å². The van der Waals surface area contributed by atoms with Crippen LogP contribution in [0.2, 0.25) is 0 Å². The molecule has 0 spiro atoms. The third kappa shape index (κ3) is 3.44. The minimum atomic E-state index is -0.104. The zero-order valence-corrected chi connectivity index (χ0v) is 12.8. The quantitative estimate of drug-likeness (QED) is 0.839. The molecular weight excluding hydrogens is 254 g/mol. The Kier molecular flexibility index (Phi) is 4.55. The van der Waals surface area contributed by atoms with Crippen molar-refractivity contribution in [1.82, 2.24) is 5.32 Å². The average Bonchev–Trinajstić information content (AvgIpc) is 2.74. The van der Waals surface area contributed by atoms with Crippen LogP contribution in [0.3, 0.4) is 0 Å². The number of methoxy groups -OCH3 is 1. The van der Waals surface area contributed by atoms with Crippen LogP contribution in [0.5, 0.6) is 11.5 Å². The number of ether oxygens (including phenoxy) is 2. The highest BCUT2D eigenvalue weighted by atomic mass is 16.5. The fourth-order valence-electron chi connectivity index (χ4n) is 2.51. The maximum Gasteiger partial charge on any atom is 0.123 e. The molecule has 1 aliphatic rings. The van der Waals surface area contributed by atoms with Crippen molar-refractivity contribution >= 4 is 0 Å². The van der Waals surface area contributed by atoms with Crippen molar-refractivity contribution in [3.05, 3.63) is 23.3 Å². The molecule has 1 aromatic carbocycles. The van der Waals surface area contributed by atoms with Gasteiger partial charge in [-0.1, -0.05) is 0 Å². The molecular formula is C16H25NO3. The number of hydrogen-bond acceptors (Lipinski definition) is 4. The number of fused-ring (bicyclic) bond motifs is 1. The van der Waals surface area contributed by atoms with Crippen molar-refractivity contribution in [2.24, 2.45) is 0 Å². The largest absolute Gasteiger partial charge is 0.496 e. The molecule has 2 N–H and O–H groups in total. The molecule has 0 bridgehead atoms. The van der Waals surface area contributed by atoms with Crippen molar-refractivity contribution in [2.75, 3.05) is 13.7 Å². The maximum absolute atomic E-state index is 9.07. The summed E-state index contributed by atoms with van der Waals surface area (Å²) in [5, 5.41) is 12.5. The summed E-state index contributed by atoms with van der Waals surface area (Å²) in [6, 6.07) is 4.15. The summed E-state index contributed by atoms with van der Waals surface area (Å²) in [7, 11) is 1.70. The van der Waals surface area contributed by atoms with Crippen molar-refractivity contribution < 1.29 is 14.6 Å². The molecule has 1 unspecified atom stereocenters. The van der Waals surface area contributed by atoms with E-state index in [1.165, 1.54) is 5.56 Å². The molecule has 0 saturated heterocycles. The molecule has 4 nitrogen and oxygen atoms in total. The van der Waals surface area contributed by atoms with E-state index in [0.717, 1.165) is 23.5 Å². The summed E-state index contributed by atoms with van der Waals surface area (Å²) >= 11 is 0. The molecule has 4 heteroatoms. The fourth-order valence-corrected chi connectivity index (χ4v) is 2.51. The number of rotatable bonds is 6. The van der Waals surface area contributed by atoms with Gasteiger partial charge in [0.15, 0.2) is 0 Å². The normalized spacial score (nSPS) is 17.8. The molecule has 2 rings (SSSR count). The second-order valence-electron chi connectivity index (χ2n) is 6.12. The van der Waals surface area contributed by atoms with Gasteiger partial charge >= 0.3 is 0 Å². The molecule has 0 aliphatic carbocycles. The van der Waals surface area contributed by atoms with Crippen molar-refractivity contribution in [3.63, 3.8) is 0 Å². The van der Waals surface area contributed by atoms with Crippen LogP contribution in [0.25, 0.3) is 0 Å². The first-order valence-electron chi connectivity index (χ1n) is 7.17. The zero-order chi connectivity index (χ0) is 14.8. The van der Waals surface area contributed by atoms with E-state index in [1.54, 1.807) is 7.11 Å². The zero-order valence-electron chi connectivity index (χ0n) is 12.8. The van der Waals surface area contributed by atoms with Gasteiger partial charge in [0.25, 0.3) is 0 Å². The smallest absolute Gasteiger partial charge is 0.123 e. The first kappa shape index (κ1) is 15.1. The van der Waals surface area contributed by atoms with Gasteiger partial charge in [0, 0.05) is 36.2 Å². The SMILES string of the molecule is COc1cc2c(cc1CNC(C)(C)CCO)OC(C)C2. The molecule has 1 atom stereocenters. The minimum Gasteiger partial charge on any atom is -0.496 e. The van der Waals surface area contributed by atoms with Gasteiger partial charge in [-0.05, 0) is 39.3 Å². The number of nitrogens with one attached hydrogen (secondary N) is 1. The number of aliphatic hydroxyl groups is 1. The van der Waals surface area contributed by atoms with Crippen molar-refractivity contribution in [3.8, 4) is 11.5 Å². The second kappa shape index (κ2) is 6.02. The van der Waals surface area contributed by atoms with Gasteiger partial charge in [-0.2, -0.15) is 0 Å². The Morgan fingerprint density at radius 2 is 2.20 bits per heavy atom. The summed E-state index contributed by atoms with van der Waals surface area (Å²) in [5.41, 5.74) is 2.20. The number of benzene rings is 1. The monoisotopic (exact) mass is 279 g/mol. The topological polar surface area (TPSA) is 50.7 Å². The van der Waals surface area contributed by atoms with E-state index in [4.69, 9.17) is 14.6 Å². The van der Waals surface area contributed by atoms with E-state index in [2.05, 4.69) is 38.2 Å². The Bertz CT molecular complexity index is 471. The second-order valence-corrected chi connectivity index (χ2v) is 6.12. The van der Waals surface area contributed by atoms with Gasteiger partial charge in [-0.15, -0.1) is 0 Å². The summed E-state index contributed by atoms with van der Waals surface area (Å²) < 4.78 is 11.3. The Morgan fingerprint density at radius 3 is 2.85 bits per heavy atom. The lowest BCUT2D eigenvalue weighted by Gasteiger charge is -2.26. The molecule has 0 radical (unpaired) electrons. The predicted octanol–water partition coefficient (Wildman–Crippen LogP) is 2.27. The van der Waals surface area contributed by atoms with Crippen LogP contribution in [-0.2, 0) is 13.0 Å². The van der Waals surface area contributed by atoms with Crippen molar-refractivity contribution in [1.29, 1.82) is 0 Å². The lowest BCUT2D eigenvalue weighted by atomic mass is 10.00. The van der Waals surface area contributed by atoms with E-state index in [-0.39, 0.29) is 18.2 Å². The van der Waals surface area contributed by atoms with Gasteiger partial charge in [0.2, 0.25) is 0 Å². The molecule has 1 heterocycles. The minimum absolute atomic E-state index is 0.104. The van der Waals surface area contributed by atoms with E-state index in [9.17, 15) is 0 Å². The summed E-state index contributed by atoms with van der Waals surface area (Å²) in [5.74, 6) is 1.86. The first-order valence-corrected chi connectivity index (χ1v) is 7.17. The third-order valence-electron chi connectivity index (χ3n) is 3.79. The van der Waals surface area contributed by atoms with Gasteiger partial charge in [-0.25, -0.2) is 0 Å². The molecule has 0 fully saturated rings. The van der Waals surface area contributed by atoms with Crippen LogP contribution in [0.1, 0.15) is 38.3 Å². The molecule has 112 valence electrons. The van der Waals surface area contributed by atoms with Gasteiger partial charge in [0.05, 0.1) is 7.11 Å². The van der Waals surface area contributed by atoms with E-state index in [0.29, 0.717) is 13.0 Å². The average molecular weight is 279 g/mol. The standard InChI is InChI=1S/C16H25NO3/c1-11-7-12-8-14(19-4)13(9-15(12)20-11)10-17-16(2,3)5-6-18/h8-9,11,17-18H,5-7,10H2,1-4H3. The number of aliphatic hydroxyl groups excluding tert-OH is 1. The Morgan fingerprint density at radius 1 is 1.45 bits per heavy atom. The van der Waals surface area contributed by atoms with Crippen LogP contribution in [0, 0.1) is 0 Å². The molecule has 1 aliphatic heterocycles. The summed E-state index contributed by atoms with van der Waals surface area (Å²) in [4.78, 5) is 0. The summed E-state index contributed by atoms with van der Waals surface area (Å²) in [6.45, 7) is 7.13. The van der Waals surface area contributed by atoms with Gasteiger partial charge in [-0.3, -0.25) is 0 Å². The molecule has 20 heavy (non-hydrogen) atoms. The highest BCUT2D eigenvalue weighted by Gasteiger charge is 2.23. The van der Waals surface area contributed by atoms with E-state index >= 15 is 0 Å². The van der Waals surface area contributed by atoms with Crippen LogP contribution >= 0.6 is 0 Å².